The topological polar surface area (TPSA) is 150 Å². The smallest absolute Gasteiger partial charge is 0.338 e. The number of hydrogen-bond donors (Lipinski definition) is 4. The Bertz CT molecular complexity index is 1340. The number of aromatic hydroxyl groups is 1. The standard InChI is InChI=1S/C16H12F2O3.C8H10AsNO5/c1-2-21-16(20)11-6-7-14(18)13(9-11)15(19)10-4-3-5-12(17)8-10;1-5(11)10-8-6(9(13,14)15)3-2-4-7(8)12/h3-9H,2H2,1H3;2-4,12H,1H3,(H,10,11)(H2,13,14,15). The first kappa shape index (κ1) is 28.4. The fourth-order valence-corrected chi connectivity index (χ4v) is 4.46. The zero-order chi connectivity index (χ0) is 27.0. The summed E-state index contributed by atoms with van der Waals surface area (Å²) in [7, 11) is 0. The first-order chi connectivity index (χ1) is 16.8. The van der Waals surface area contributed by atoms with Gasteiger partial charge >= 0.3 is 94.1 Å². The van der Waals surface area contributed by atoms with E-state index in [-0.39, 0.29) is 39.1 Å². The fourth-order valence-electron chi connectivity index (χ4n) is 2.90. The molecular formula is C24H22AsF2NO8. The summed E-state index contributed by atoms with van der Waals surface area (Å²) in [6.45, 7) is 2.99. The third-order valence-corrected chi connectivity index (χ3v) is 6.54. The van der Waals surface area contributed by atoms with Gasteiger partial charge in [-0.25, -0.2) is 13.6 Å². The van der Waals surface area contributed by atoms with Crippen LogP contribution in [0.4, 0.5) is 14.5 Å². The van der Waals surface area contributed by atoms with E-state index in [2.05, 4.69) is 5.32 Å². The number of anilines is 1. The van der Waals surface area contributed by atoms with Crippen molar-refractivity contribution in [1.82, 2.24) is 0 Å². The van der Waals surface area contributed by atoms with E-state index in [4.69, 9.17) is 12.9 Å². The second-order valence-corrected chi connectivity index (χ2v) is 10.4. The Labute approximate surface area is 207 Å². The number of halogens is 2. The average molecular weight is 565 g/mol. The van der Waals surface area contributed by atoms with E-state index in [0.29, 0.717) is 0 Å². The number of ether oxygens (including phenoxy) is 1. The summed E-state index contributed by atoms with van der Waals surface area (Å²) in [5, 5.41) is 11.5. The van der Waals surface area contributed by atoms with Gasteiger partial charge in [-0.15, -0.1) is 0 Å². The van der Waals surface area contributed by atoms with Crippen LogP contribution in [0.3, 0.4) is 0 Å². The summed E-state index contributed by atoms with van der Waals surface area (Å²) in [6, 6.07) is 12.0. The molecule has 4 N–H and O–H groups in total. The van der Waals surface area contributed by atoms with Gasteiger partial charge in [-0.2, -0.15) is 0 Å². The molecule has 9 nitrogen and oxygen atoms in total. The van der Waals surface area contributed by atoms with Crippen LogP contribution in [0.15, 0.2) is 60.7 Å². The van der Waals surface area contributed by atoms with Crippen LogP contribution in [0.1, 0.15) is 40.1 Å². The quantitative estimate of drug-likeness (QED) is 0.154. The summed E-state index contributed by atoms with van der Waals surface area (Å²) in [6.07, 6.45) is 0. The summed E-state index contributed by atoms with van der Waals surface area (Å²) in [5.41, 5.74) is -0.448. The second-order valence-electron chi connectivity index (χ2n) is 7.15. The molecule has 12 heteroatoms. The molecule has 0 spiro atoms. The van der Waals surface area contributed by atoms with Gasteiger partial charge in [0.2, 0.25) is 0 Å². The molecule has 36 heavy (non-hydrogen) atoms. The van der Waals surface area contributed by atoms with Crippen LogP contribution in [0, 0.1) is 11.6 Å². The van der Waals surface area contributed by atoms with E-state index in [1.807, 2.05) is 0 Å². The van der Waals surface area contributed by atoms with E-state index >= 15 is 0 Å². The minimum Gasteiger partial charge on any atom is -0.462 e. The first-order valence-corrected chi connectivity index (χ1v) is 13.7. The van der Waals surface area contributed by atoms with Gasteiger partial charge in [0.05, 0.1) is 17.7 Å². The van der Waals surface area contributed by atoms with Gasteiger partial charge in [-0.3, -0.25) is 4.79 Å². The number of nitrogens with one attached hydrogen (secondary N) is 1. The number of amides is 1. The second kappa shape index (κ2) is 12.3. The summed E-state index contributed by atoms with van der Waals surface area (Å²) in [5.74, 6) is -3.60. The van der Waals surface area contributed by atoms with Gasteiger partial charge in [0.15, 0.2) is 5.78 Å². The number of hydrogen-bond acceptors (Lipinski definition) is 6. The number of benzene rings is 3. The molecule has 0 bridgehead atoms. The molecule has 0 aliphatic carbocycles. The van der Waals surface area contributed by atoms with E-state index in [0.717, 1.165) is 18.2 Å². The molecule has 0 aliphatic heterocycles. The molecule has 0 radical (unpaired) electrons. The summed E-state index contributed by atoms with van der Waals surface area (Å²) in [4.78, 5) is 34.6. The van der Waals surface area contributed by atoms with Crippen LogP contribution in [-0.4, -0.2) is 51.7 Å². The molecule has 3 aromatic carbocycles. The molecule has 0 saturated heterocycles. The van der Waals surface area contributed by atoms with Gasteiger partial charge in [-0.05, 0) is 37.3 Å². The van der Waals surface area contributed by atoms with E-state index in [9.17, 15) is 32.0 Å². The monoisotopic (exact) mass is 565 g/mol. The van der Waals surface area contributed by atoms with Crippen molar-refractivity contribution in [2.75, 3.05) is 11.9 Å². The predicted octanol–water partition coefficient (Wildman–Crippen LogP) is 2.28. The van der Waals surface area contributed by atoms with Crippen LogP contribution in [0.5, 0.6) is 5.75 Å². The molecule has 0 unspecified atom stereocenters. The Balaban J connectivity index is 0.000000269. The van der Waals surface area contributed by atoms with Crippen LogP contribution >= 0.6 is 0 Å². The van der Waals surface area contributed by atoms with E-state index in [1.165, 1.54) is 49.4 Å². The molecule has 0 aliphatic rings. The van der Waals surface area contributed by atoms with Crippen molar-refractivity contribution in [2.45, 2.75) is 13.8 Å². The molecule has 3 rings (SSSR count). The Morgan fingerprint density at radius 3 is 2.22 bits per heavy atom. The predicted molar refractivity (Wildman–Crippen MR) is 125 cm³/mol. The van der Waals surface area contributed by atoms with Crippen LogP contribution in [0.2, 0.25) is 0 Å². The molecular weight excluding hydrogens is 543 g/mol. The maximum absolute atomic E-state index is 13.8. The SMILES string of the molecule is CC(=O)Nc1c(O)cccc1[As](=O)(O)O.CCOC(=O)c1ccc(F)c(C(=O)c2cccc(F)c2)c1. The first-order valence-electron chi connectivity index (χ1n) is 10.3. The van der Waals surface area contributed by atoms with Gasteiger partial charge in [0, 0.05) is 5.56 Å². The molecule has 0 atom stereocenters. The van der Waals surface area contributed by atoms with Crippen molar-refractivity contribution in [2.24, 2.45) is 0 Å². The molecule has 1 amide bonds. The zero-order valence-corrected chi connectivity index (χ0v) is 20.9. The normalized spacial score (nSPS) is 10.6. The molecule has 0 aromatic heterocycles. The molecule has 3 aromatic rings. The van der Waals surface area contributed by atoms with Crippen molar-refractivity contribution in [3.05, 3.63) is 89.0 Å². The summed E-state index contributed by atoms with van der Waals surface area (Å²) >= 11 is -5.14. The average Bonchev–Trinajstić information content (AvgIpc) is 2.80. The Morgan fingerprint density at radius 1 is 0.972 bits per heavy atom. The van der Waals surface area contributed by atoms with Gasteiger partial charge in [0.25, 0.3) is 0 Å². The number of para-hydroxylation sites is 1. The van der Waals surface area contributed by atoms with Crippen molar-refractivity contribution in [1.29, 1.82) is 0 Å². The maximum atomic E-state index is 13.8. The number of phenols is 1. The Morgan fingerprint density at radius 2 is 1.64 bits per heavy atom. The maximum Gasteiger partial charge on any atom is 0.338 e. The molecule has 0 heterocycles. The largest absolute Gasteiger partial charge is 0.462 e. The Kier molecular flexibility index (Phi) is 9.68. The van der Waals surface area contributed by atoms with Crippen LogP contribution in [0.25, 0.3) is 0 Å². The number of esters is 1. The minimum atomic E-state index is -5.14. The third-order valence-electron chi connectivity index (χ3n) is 4.44. The van der Waals surface area contributed by atoms with Gasteiger partial charge in [-0.1, -0.05) is 12.1 Å². The van der Waals surface area contributed by atoms with Crippen LogP contribution < -0.4 is 9.67 Å². The van der Waals surface area contributed by atoms with Crippen molar-refractivity contribution < 1.29 is 44.9 Å². The van der Waals surface area contributed by atoms with Crippen LogP contribution in [-0.2, 0) is 13.3 Å². The van der Waals surface area contributed by atoms with Crippen molar-refractivity contribution in [3.63, 3.8) is 0 Å². The van der Waals surface area contributed by atoms with E-state index in [1.54, 1.807) is 6.92 Å². The fraction of sp³-hybridized carbons (Fsp3) is 0.125. The minimum absolute atomic E-state index is 0.00917. The Hall–Kier alpha value is -3.79. The van der Waals surface area contributed by atoms with Crippen molar-refractivity contribution in [3.8, 4) is 5.75 Å². The molecule has 0 saturated carbocycles. The van der Waals surface area contributed by atoms with E-state index < -0.39 is 43.5 Å². The number of carbonyl (C=O) groups is 3. The number of rotatable bonds is 6. The van der Waals surface area contributed by atoms with Gasteiger partial charge < -0.3 is 4.74 Å². The summed E-state index contributed by atoms with van der Waals surface area (Å²) < 4.78 is 60.5. The molecule has 0 fully saturated rings. The van der Waals surface area contributed by atoms with Crippen molar-refractivity contribution >= 4 is 41.9 Å². The third kappa shape index (κ3) is 7.61. The number of phenolic OH excluding ortho intramolecular Hbond substituents is 1. The zero-order valence-electron chi connectivity index (χ0n) is 19.1. The number of ketones is 1. The number of carbonyl (C=O) groups excluding carboxylic acids is 3. The molecule has 190 valence electrons. The van der Waals surface area contributed by atoms with Gasteiger partial charge in [0.1, 0.15) is 11.6 Å².